The van der Waals surface area contributed by atoms with Gasteiger partial charge in [-0.3, -0.25) is 0 Å². The second-order valence-electron chi connectivity index (χ2n) is 2.97. The molecule has 0 aliphatic carbocycles. The molecule has 0 spiro atoms. The number of nitrogens with one attached hydrogen (secondary N) is 1. The van der Waals surface area contributed by atoms with Gasteiger partial charge in [-0.2, -0.15) is 0 Å². The minimum Gasteiger partial charge on any atom is -0.310 e. The van der Waals surface area contributed by atoms with E-state index < -0.39 is 0 Å². The lowest BCUT2D eigenvalue weighted by Crippen LogP contribution is -2.34. The van der Waals surface area contributed by atoms with Crippen molar-refractivity contribution >= 4 is 38.5 Å². The molecule has 1 nitrogen and oxygen atoms in total. The molecule has 2 rings (SSSR count). The topological polar surface area (TPSA) is 12.0 Å². The average Bonchev–Trinajstić information content (AvgIpc) is 1.93. The van der Waals surface area contributed by atoms with Crippen LogP contribution in [0.15, 0.2) is 22.7 Å². The van der Waals surface area contributed by atoms with Crippen molar-refractivity contribution in [3.63, 3.8) is 0 Å². The van der Waals surface area contributed by atoms with Crippen LogP contribution < -0.4 is 5.32 Å². The summed E-state index contributed by atoms with van der Waals surface area (Å²) in [6.45, 7) is 1.16. The van der Waals surface area contributed by atoms with E-state index in [2.05, 4.69) is 62.0 Å². The maximum atomic E-state index is 3.53. The Bertz CT molecular complexity index is 297. The lowest BCUT2D eigenvalue weighted by molar-refractivity contribution is 0.383. The van der Waals surface area contributed by atoms with Gasteiger partial charge in [0.15, 0.2) is 0 Å². The summed E-state index contributed by atoms with van der Waals surface area (Å²) in [5.41, 5.74) is 1.40. The summed E-state index contributed by atoms with van der Waals surface area (Å²) in [7, 11) is 0. The molecule has 1 saturated heterocycles. The van der Waals surface area contributed by atoms with E-state index in [1.165, 1.54) is 20.0 Å². The van der Waals surface area contributed by atoms with Crippen LogP contribution in [0.25, 0.3) is 0 Å². The molecule has 64 valence electrons. The summed E-state index contributed by atoms with van der Waals surface area (Å²) < 4.78 is 2.48. The minimum atomic E-state index is 0.596. The number of hydrogen-bond donors (Lipinski definition) is 1. The normalized spacial score (nSPS) is 22.0. The summed E-state index contributed by atoms with van der Waals surface area (Å²) in [5, 5.41) is 3.39. The number of rotatable bonds is 1. The summed E-state index contributed by atoms with van der Waals surface area (Å²) in [6, 6.07) is 7.15. The molecule has 0 radical (unpaired) electrons. The first kappa shape index (κ1) is 8.97. The second kappa shape index (κ2) is 3.64. The quantitative estimate of drug-likeness (QED) is 0.776. The van der Waals surface area contributed by atoms with Gasteiger partial charge in [-0.25, -0.2) is 0 Å². The fourth-order valence-corrected chi connectivity index (χ4v) is 2.03. The molecule has 0 aromatic heterocycles. The van der Waals surface area contributed by atoms with E-state index in [-0.39, 0.29) is 0 Å². The van der Waals surface area contributed by atoms with Crippen LogP contribution in [0.5, 0.6) is 0 Å². The van der Waals surface area contributed by atoms with E-state index >= 15 is 0 Å². The zero-order valence-corrected chi connectivity index (χ0v) is 10.2. The average molecular weight is 338 g/mol. The molecule has 1 heterocycles. The van der Waals surface area contributed by atoms with E-state index in [0.29, 0.717) is 6.04 Å². The van der Waals surface area contributed by atoms with Crippen molar-refractivity contribution in [3.8, 4) is 0 Å². The van der Waals surface area contributed by atoms with Gasteiger partial charge in [-0.15, -0.1) is 0 Å². The molecule has 1 fully saturated rings. The molecule has 0 unspecified atom stereocenters. The Morgan fingerprint density at radius 3 is 2.75 bits per heavy atom. The number of benzene rings is 1. The van der Waals surface area contributed by atoms with Gasteiger partial charge in [0, 0.05) is 14.1 Å². The Balaban J connectivity index is 2.27. The molecule has 1 aliphatic rings. The first-order chi connectivity index (χ1) is 5.77. The fourth-order valence-electron chi connectivity index (χ4n) is 1.30. The summed E-state index contributed by atoms with van der Waals surface area (Å²) in [4.78, 5) is 0. The van der Waals surface area contributed by atoms with Crippen LogP contribution in [-0.4, -0.2) is 6.54 Å². The molecule has 1 aromatic rings. The van der Waals surface area contributed by atoms with Gasteiger partial charge in [-0.1, -0.05) is 6.07 Å². The molecule has 0 amide bonds. The maximum Gasteiger partial charge on any atom is 0.0332 e. The predicted molar refractivity (Wildman–Crippen MR) is 62.2 cm³/mol. The highest BCUT2D eigenvalue weighted by Crippen LogP contribution is 2.27. The van der Waals surface area contributed by atoms with Gasteiger partial charge in [0.05, 0.1) is 0 Å². The van der Waals surface area contributed by atoms with E-state index in [4.69, 9.17) is 0 Å². The minimum absolute atomic E-state index is 0.596. The van der Waals surface area contributed by atoms with Crippen LogP contribution in [0.3, 0.4) is 0 Å². The third-order valence-electron chi connectivity index (χ3n) is 2.17. The van der Waals surface area contributed by atoms with Gasteiger partial charge < -0.3 is 5.32 Å². The number of hydrogen-bond acceptors (Lipinski definition) is 1. The smallest absolute Gasteiger partial charge is 0.0332 e. The third kappa shape index (κ3) is 1.67. The lowest BCUT2D eigenvalue weighted by atomic mass is 9.98. The SMILES string of the molecule is Brc1cc([C@@H]2CCN2)ccc1I. The molecule has 0 saturated carbocycles. The van der Waals surface area contributed by atoms with Crippen LogP contribution in [0.2, 0.25) is 0 Å². The van der Waals surface area contributed by atoms with Crippen molar-refractivity contribution in [2.75, 3.05) is 6.54 Å². The van der Waals surface area contributed by atoms with E-state index in [9.17, 15) is 0 Å². The Kier molecular flexibility index (Phi) is 2.72. The predicted octanol–water partition coefficient (Wildman–Crippen LogP) is 3.09. The molecule has 1 N–H and O–H groups in total. The molecular formula is C9H9BrIN. The molecule has 1 aliphatic heterocycles. The third-order valence-corrected chi connectivity index (χ3v) is 4.51. The van der Waals surface area contributed by atoms with Crippen LogP contribution in [-0.2, 0) is 0 Å². The van der Waals surface area contributed by atoms with Crippen LogP contribution in [0, 0.1) is 3.57 Å². The number of halogens is 2. The van der Waals surface area contributed by atoms with Crippen LogP contribution in [0.4, 0.5) is 0 Å². The standard InChI is InChI=1S/C9H9BrIN/c10-7-5-6(1-2-8(7)11)9-3-4-12-9/h1-2,5,9,12H,3-4H2/t9-/m0/s1. The van der Waals surface area contributed by atoms with Gasteiger partial charge in [0.25, 0.3) is 0 Å². The van der Waals surface area contributed by atoms with Crippen molar-refractivity contribution in [2.45, 2.75) is 12.5 Å². The van der Waals surface area contributed by atoms with E-state index in [1.807, 2.05) is 0 Å². The van der Waals surface area contributed by atoms with Crippen molar-refractivity contribution in [2.24, 2.45) is 0 Å². The van der Waals surface area contributed by atoms with Crippen molar-refractivity contribution in [3.05, 3.63) is 31.8 Å². The highest BCUT2D eigenvalue weighted by atomic mass is 127. The molecular weight excluding hydrogens is 329 g/mol. The van der Waals surface area contributed by atoms with Gasteiger partial charge in [0.2, 0.25) is 0 Å². The molecule has 0 bridgehead atoms. The van der Waals surface area contributed by atoms with E-state index in [0.717, 1.165) is 6.54 Å². The second-order valence-corrected chi connectivity index (χ2v) is 4.99. The monoisotopic (exact) mass is 337 g/mol. The van der Waals surface area contributed by atoms with Gasteiger partial charge in [-0.05, 0) is 69.2 Å². The Labute approximate surface area is 94.2 Å². The Morgan fingerprint density at radius 1 is 1.50 bits per heavy atom. The van der Waals surface area contributed by atoms with E-state index in [1.54, 1.807) is 0 Å². The highest BCUT2D eigenvalue weighted by molar-refractivity contribution is 14.1. The zero-order chi connectivity index (χ0) is 8.55. The molecule has 1 aromatic carbocycles. The van der Waals surface area contributed by atoms with Gasteiger partial charge in [0.1, 0.15) is 0 Å². The van der Waals surface area contributed by atoms with Gasteiger partial charge >= 0.3 is 0 Å². The summed E-state index contributed by atoms with van der Waals surface area (Å²) >= 11 is 5.86. The first-order valence-corrected chi connectivity index (χ1v) is 5.83. The maximum absolute atomic E-state index is 3.53. The van der Waals surface area contributed by atoms with Crippen LogP contribution in [0.1, 0.15) is 18.0 Å². The zero-order valence-electron chi connectivity index (χ0n) is 6.48. The molecule has 1 atom stereocenters. The Hall–Kier alpha value is 0.390. The Morgan fingerprint density at radius 2 is 2.25 bits per heavy atom. The molecule has 12 heavy (non-hydrogen) atoms. The van der Waals surface area contributed by atoms with Crippen molar-refractivity contribution in [1.29, 1.82) is 0 Å². The lowest BCUT2D eigenvalue weighted by Gasteiger charge is -2.28. The molecule has 3 heteroatoms. The fraction of sp³-hybridized carbons (Fsp3) is 0.333. The van der Waals surface area contributed by atoms with Crippen LogP contribution >= 0.6 is 38.5 Å². The summed E-state index contributed by atoms with van der Waals surface area (Å²) in [5.74, 6) is 0. The highest BCUT2D eigenvalue weighted by Gasteiger charge is 2.18. The largest absolute Gasteiger partial charge is 0.310 e. The van der Waals surface area contributed by atoms with Crippen molar-refractivity contribution < 1.29 is 0 Å². The van der Waals surface area contributed by atoms with Crippen molar-refractivity contribution in [1.82, 2.24) is 5.32 Å². The summed E-state index contributed by atoms with van der Waals surface area (Å²) in [6.07, 6.45) is 1.27. The first-order valence-electron chi connectivity index (χ1n) is 3.96.